The highest BCUT2D eigenvalue weighted by Gasteiger charge is 1.96. The Morgan fingerprint density at radius 1 is 1.62 bits per heavy atom. The quantitative estimate of drug-likeness (QED) is 0.540. The van der Waals surface area contributed by atoms with Crippen molar-refractivity contribution >= 4 is 0 Å². The third-order valence-corrected chi connectivity index (χ3v) is 1.26. The van der Waals surface area contributed by atoms with Crippen LogP contribution in [0.25, 0.3) is 0 Å². The average Bonchev–Trinajstić information content (AvgIpc) is 1.69. The van der Waals surface area contributed by atoms with Crippen LogP contribution in [0, 0.1) is 0 Å². The van der Waals surface area contributed by atoms with Crippen LogP contribution in [0.1, 0.15) is 20.8 Å². The minimum atomic E-state index is 0.595. The predicted octanol–water partition coefficient (Wildman–Crippen LogP) is 1.86. The second-order valence-electron chi connectivity index (χ2n) is 2.11. The van der Waals surface area contributed by atoms with Gasteiger partial charge >= 0.3 is 0 Å². The van der Waals surface area contributed by atoms with Crippen LogP contribution in [0.5, 0.6) is 0 Å². The van der Waals surface area contributed by atoms with Gasteiger partial charge in [0.2, 0.25) is 0 Å². The number of hydrogen-bond donors (Lipinski definition) is 0. The van der Waals surface area contributed by atoms with Gasteiger partial charge in [0, 0.05) is 12.6 Å². The van der Waals surface area contributed by atoms with Gasteiger partial charge in [-0.3, -0.25) is 0 Å². The minimum Gasteiger partial charge on any atom is -0.376 e. The van der Waals surface area contributed by atoms with Gasteiger partial charge in [-0.05, 0) is 27.0 Å². The number of rotatable bonds is 3. The first-order chi connectivity index (χ1) is 3.72. The molecule has 0 N–H and O–H groups in total. The van der Waals surface area contributed by atoms with Gasteiger partial charge in [0.1, 0.15) is 0 Å². The summed E-state index contributed by atoms with van der Waals surface area (Å²) < 4.78 is 0. The van der Waals surface area contributed by atoms with E-state index in [-0.39, 0.29) is 0 Å². The van der Waals surface area contributed by atoms with Crippen LogP contribution in [0.2, 0.25) is 0 Å². The molecular weight excluding hydrogens is 98.1 g/mol. The van der Waals surface area contributed by atoms with E-state index in [0.29, 0.717) is 6.04 Å². The smallest absolute Gasteiger partial charge is 0.0227 e. The molecule has 0 radical (unpaired) electrons. The third kappa shape index (κ3) is 2.01. The van der Waals surface area contributed by atoms with E-state index in [4.69, 9.17) is 0 Å². The number of nitrogens with zero attached hydrogens (tertiary/aromatic N) is 1. The van der Waals surface area contributed by atoms with Gasteiger partial charge in [-0.1, -0.05) is 6.58 Å². The van der Waals surface area contributed by atoms with Crippen molar-refractivity contribution < 1.29 is 0 Å². The summed E-state index contributed by atoms with van der Waals surface area (Å²) in [4.78, 5) is 2.18. The summed E-state index contributed by atoms with van der Waals surface area (Å²) in [6.07, 6.45) is 1.88. The molecule has 48 valence electrons. The second kappa shape index (κ2) is 3.53. The van der Waals surface area contributed by atoms with Crippen molar-refractivity contribution in [3.05, 3.63) is 12.8 Å². The molecule has 0 aliphatic carbocycles. The van der Waals surface area contributed by atoms with Crippen molar-refractivity contribution in [3.8, 4) is 0 Å². The molecule has 0 saturated carbocycles. The van der Waals surface area contributed by atoms with Crippen molar-refractivity contribution in [1.29, 1.82) is 0 Å². The highest BCUT2D eigenvalue weighted by atomic mass is 15.1. The lowest BCUT2D eigenvalue weighted by molar-refractivity contribution is 0.328. The van der Waals surface area contributed by atoms with E-state index in [1.54, 1.807) is 0 Å². The molecule has 0 aliphatic heterocycles. The Morgan fingerprint density at radius 3 is 2.12 bits per heavy atom. The fourth-order valence-electron chi connectivity index (χ4n) is 0.705. The van der Waals surface area contributed by atoms with Gasteiger partial charge in [-0.25, -0.2) is 0 Å². The molecule has 0 aromatic rings. The Morgan fingerprint density at radius 2 is 2.12 bits per heavy atom. The summed E-state index contributed by atoms with van der Waals surface area (Å²) >= 11 is 0. The topological polar surface area (TPSA) is 3.24 Å². The fraction of sp³-hybridized carbons (Fsp3) is 0.714. The Balaban J connectivity index is 3.51. The molecule has 8 heavy (non-hydrogen) atoms. The zero-order valence-corrected chi connectivity index (χ0v) is 6.02. The van der Waals surface area contributed by atoms with Crippen LogP contribution in [-0.4, -0.2) is 17.5 Å². The summed E-state index contributed by atoms with van der Waals surface area (Å²) in [5.41, 5.74) is 0. The van der Waals surface area contributed by atoms with Crippen LogP contribution in [0.4, 0.5) is 0 Å². The first kappa shape index (κ1) is 7.54. The summed E-state index contributed by atoms with van der Waals surface area (Å²) in [5.74, 6) is 0. The highest BCUT2D eigenvalue weighted by Crippen LogP contribution is 1.95. The minimum absolute atomic E-state index is 0.595. The van der Waals surface area contributed by atoms with Crippen LogP contribution in [0.3, 0.4) is 0 Å². The summed E-state index contributed by atoms with van der Waals surface area (Å²) in [5, 5.41) is 0. The van der Waals surface area contributed by atoms with E-state index in [2.05, 4.69) is 32.3 Å². The molecule has 0 aliphatic rings. The van der Waals surface area contributed by atoms with E-state index in [1.165, 1.54) is 0 Å². The van der Waals surface area contributed by atoms with Gasteiger partial charge in [-0.2, -0.15) is 0 Å². The SMILES string of the molecule is C=CN(CC)C(C)C. The molecule has 1 heteroatoms. The van der Waals surface area contributed by atoms with E-state index < -0.39 is 0 Å². The van der Waals surface area contributed by atoms with Gasteiger partial charge in [0.05, 0.1) is 0 Å². The highest BCUT2D eigenvalue weighted by molar-refractivity contribution is 4.72. The first-order valence-corrected chi connectivity index (χ1v) is 3.10. The van der Waals surface area contributed by atoms with Crippen LogP contribution in [-0.2, 0) is 0 Å². The lowest BCUT2D eigenvalue weighted by Gasteiger charge is -2.21. The van der Waals surface area contributed by atoms with Gasteiger partial charge in [0.25, 0.3) is 0 Å². The molecule has 1 nitrogen and oxygen atoms in total. The molecule has 0 heterocycles. The van der Waals surface area contributed by atoms with Gasteiger partial charge in [0.15, 0.2) is 0 Å². The Hall–Kier alpha value is -0.460. The zero-order valence-electron chi connectivity index (χ0n) is 6.02. The predicted molar refractivity (Wildman–Crippen MR) is 37.7 cm³/mol. The molecule has 0 amide bonds. The average molecular weight is 113 g/mol. The molecule has 0 atom stereocenters. The van der Waals surface area contributed by atoms with Crippen molar-refractivity contribution in [2.75, 3.05) is 6.54 Å². The maximum absolute atomic E-state index is 3.68. The molecule has 0 saturated heterocycles. The zero-order chi connectivity index (χ0) is 6.57. The van der Waals surface area contributed by atoms with E-state index in [9.17, 15) is 0 Å². The molecule has 0 fully saturated rings. The summed E-state index contributed by atoms with van der Waals surface area (Å²) in [7, 11) is 0. The third-order valence-electron chi connectivity index (χ3n) is 1.26. The molecular formula is C7H15N. The maximum atomic E-state index is 3.68. The van der Waals surface area contributed by atoms with Crippen molar-refractivity contribution in [3.63, 3.8) is 0 Å². The lowest BCUT2D eigenvalue weighted by atomic mass is 10.3. The normalized spacial score (nSPS) is 9.50. The van der Waals surface area contributed by atoms with Gasteiger partial charge in [-0.15, -0.1) is 0 Å². The molecule has 0 aromatic carbocycles. The van der Waals surface area contributed by atoms with Crippen LogP contribution in [0.15, 0.2) is 12.8 Å². The van der Waals surface area contributed by atoms with Crippen molar-refractivity contribution in [2.45, 2.75) is 26.8 Å². The molecule has 0 spiro atoms. The van der Waals surface area contributed by atoms with E-state index in [0.717, 1.165) is 6.54 Å². The fourth-order valence-corrected chi connectivity index (χ4v) is 0.705. The molecule has 0 rings (SSSR count). The van der Waals surface area contributed by atoms with Crippen molar-refractivity contribution in [2.24, 2.45) is 0 Å². The second-order valence-corrected chi connectivity index (χ2v) is 2.11. The monoisotopic (exact) mass is 113 g/mol. The largest absolute Gasteiger partial charge is 0.376 e. The summed E-state index contributed by atoms with van der Waals surface area (Å²) in [6.45, 7) is 11.2. The first-order valence-electron chi connectivity index (χ1n) is 3.10. The lowest BCUT2D eigenvalue weighted by Crippen LogP contribution is -2.24. The molecule has 0 aromatic heterocycles. The van der Waals surface area contributed by atoms with Crippen LogP contribution < -0.4 is 0 Å². The van der Waals surface area contributed by atoms with E-state index in [1.807, 2.05) is 6.20 Å². The van der Waals surface area contributed by atoms with Gasteiger partial charge < -0.3 is 4.90 Å². The standard InChI is InChI=1S/C7H15N/c1-5-8(6-2)7(3)4/h5,7H,1,6H2,2-4H3. The number of hydrogen-bond acceptors (Lipinski definition) is 1. The Bertz CT molecular complexity index is 66.8. The Labute approximate surface area is 52.0 Å². The molecule has 0 bridgehead atoms. The maximum Gasteiger partial charge on any atom is 0.0227 e. The Kier molecular flexibility index (Phi) is 3.33. The van der Waals surface area contributed by atoms with Crippen molar-refractivity contribution in [1.82, 2.24) is 4.90 Å². The summed E-state index contributed by atoms with van der Waals surface area (Å²) in [6, 6.07) is 0.595. The van der Waals surface area contributed by atoms with E-state index >= 15 is 0 Å². The molecule has 0 unspecified atom stereocenters. The van der Waals surface area contributed by atoms with Crippen LogP contribution >= 0.6 is 0 Å².